The molecule has 3 aliphatic rings. The number of aliphatic carboxylic acids is 1. The lowest BCUT2D eigenvalue weighted by atomic mass is 9.45. The molecule has 1 aromatic rings. The fourth-order valence-corrected chi connectivity index (χ4v) is 4.88. The molecule has 2 aliphatic carbocycles. The average Bonchev–Trinajstić information content (AvgIpc) is 3.52. The van der Waals surface area contributed by atoms with Crippen LogP contribution in [0.5, 0.6) is 0 Å². The summed E-state index contributed by atoms with van der Waals surface area (Å²) < 4.78 is 18.3. The molecule has 4 rings (SSSR count). The van der Waals surface area contributed by atoms with Crippen molar-refractivity contribution >= 4 is 24.6 Å². The van der Waals surface area contributed by atoms with Gasteiger partial charge >= 0.3 is 19.1 Å². The Morgan fingerprint density at radius 3 is 2.16 bits per heavy atom. The molecule has 7 heteroatoms. The summed E-state index contributed by atoms with van der Waals surface area (Å²) in [5.41, 5.74) is -0.381. The second-order valence-corrected chi connectivity index (χ2v) is 10.0. The molecule has 0 amide bonds. The second kappa shape index (κ2) is 7.60. The van der Waals surface area contributed by atoms with E-state index in [4.69, 9.17) is 14.0 Å². The topological polar surface area (TPSA) is 82.1 Å². The van der Waals surface area contributed by atoms with Crippen LogP contribution in [0.1, 0.15) is 59.4 Å². The molecule has 1 unspecified atom stereocenters. The van der Waals surface area contributed by atoms with Crippen molar-refractivity contribution in [1.82, 2.24) is 0 Å². The maximum Gasteiger partial charge on any atom is 0.470 e. The van der Waals surface area contributed by atoms with Crippen molar-refractivity contribution in [3.63, 3.8) is 0 Å². The van der Waals surface area contributed by atoms with E-state index in [1.165, 1.54) is 0 Å². The predicted molar refractivity (Wildman–Crippen MR) is 122 cm³/mol. The van der Waals surface area contributed by atoms with Gasteiger partial charge in [-0.05, 0) is 65.0 Å². The Balaban J connectivity index is 1.84. The van der Waals surface area contributed by atoms with Gasteiger partial charge in [0.15, 0.2) is 0 Å². The molecule has 1 atom stereocenters. The van der Waals surface area contributed by atoms with Crippen LogP contribution < -0.4 is 0 Å². The largest absolute Gasteiger partial charge is 0.478 e. The van der Waals surface area contributed by atoms with Gasteiger partial charge in [0.1, 0.15) is 0 Å². The van der Waals surface area contributed by atoms with Crippen LogP contribution >= 0.6 is 0 Å². The summed E-state index contributed by atoms with van der Waals surface area (Å²) in [7, 11) is -0.776. The molecule has 0 radical (unpaired) electrons. The third-order valence-electron chi connectivity index (χ3n) is 7.67. The van der Waals surface area contributed by atoms with E-state index in [1.54, 1.807) is 6.92 Å². The van der Waals surface area contributed by atoms with Gasteiger partial charge in [-0.2, -0.15) is 0 Å². The van der Waals surface area contributed by atoms with Crippen molar-refractivity contribution < 1.29 is 28.7 Å². The molecule has 0 spiro atoms. The first kappa shape index (κ1) is 22.8. The number of allylic oxidation sites excluding steroid dienone is 3. The zero-order valence-corrected chi connectivity index (χ0v) is 19.4. The highest BCUT2D eigenvalue weighted by atomic mass is 16.7. The lowest BCUT2D eigenvalue weighted by molar-refractivity contribution is -0.151. The van der Waals surface area contributed by atoms with Crippen molar-refractivity contribution in [2.24, 2.45) is 5.41 Å². The van der Waals surface area contributed by atoms with Crippen molar-refractivity contribution in [3.8, 4) is 0 Å². The maximum atomic E-state index is 13.2. The minimum absolute atomic E-state index is 0.124. The smallest absolute Gasteiger partial charge is 0.470 e. The highest BCUT2D eigenvalue weighted by Crippen LogP contribution is 2.71. The number of carboxylic acids is 1. The maximum absolute atomic E-state index is 13.2. The first-order valence-corrected chi connectivity index (χ1v) is 11.2. The first-order valence-electron chi connectivity index (χ1n) is 11.2. The molecule has 2 fully saturated rings. The van der Waals surface area contributed by atoms with Crippen molar-refractivity contribution in [1.29, 1.82) is 0 Å². The van der Waals surface area contributed by atoms with Crippen LogP contribution in [0.2, 0.25) is 5.31 Å². The van der Waals surface area contributed by atoms with E-state index in [0.29, 0.717) is 18.4 Å². The molecule has 1 heterocycles. The quantitative estimate of drug-likeness (QED) is 0.514. The van der Waals surface area contributed by atoms with E-state index in [9.17, 15) is 14.7 Å². The van der Waals surface area contributed by atoms with Gasteiger partial charge in [0, 0.05) is 10.9 Å². The van der Waals surface area contributed by atoms with E-state index in [-0.39, 0.29) is 24.6 Å². The number of esters is 1. The van der Waals surface area contributed by atoms with Crippen LogP contribution in [-0.4, -0.2) is 42.0 Å². The minimum Gasteiger partial charge on any atom is -0.478 e. The number of rotatable bonds is 6. The summed E-state index contributed by atoms with van der Waals surface area (Å²) in [6.45, 7) is 9.88. The lowest BCUT2D eigenvalue weighted by Crippen LogP contribution is -2.47. The molecule has 1 saturated carbocycles. The van der Waals surface area contributed by atoms with E-state index < -0.39 is 35.0 Å². The molecule has 6 nitrogen and oxygen atoms in total. The fraction of sp³-hybridized carbons (Fsp3) is 0.520. The minimum atomic E-state index is -1.01. The number of carbonyl (C=O) groups excluding carboxylic acids is 1. The first-order chi connectivity index (χ1) is 15.0. The molecule has 1 aromatic carbocycles. The van der Waals surface area contributed by atoms with Gasteiger partial charge in [0.25, 0.3) is 0 Å². The zero-order valence-electron chi connectivity index (χ0n) is 19.4. The molecule has 0 aromatic heterocycles. The van der Waals surface area contributed by atoms with Crippen LogP contribution in [-0.2, 0) is 23.6 Å². The molecule has 1 saturated heterocycles. The molecule has 1 aliphatic heterocycles. The Hall–Kier alpha value is -2.38. The Bertz CT molecular complexity index is 973. The van der Waals surface area contributed by atoms with Crippen molar-refractivity contribution in [2.75, 3.05) is 6.61 Å². The molecular weight excluding hydrogens is 407 g/mol. The Morgan fingerprint density at radius 2 is 1.66 bits per heavy atom. The van der Waals surface area contributed by atoms with Gasteiger partial charge in [-0.3, -0.25) is 4.79 Å². The van der Waals surface area contributed by atoms with Crippen LogP contribution in [0.15, 0.2) is 48.1 Å². The van der Waals surface area contributed by atoms with Crippen LogP contribution in [0.4, 0.5) is 0 Å². The summed E-state index contributed by atoms with van der Waals surface area (Å²) in [5.74, 6) is -1.32. The van der Waals surface area contributed by atoms with E-state index >= 15 is 0 Å². The van der Waals surface area contributed by atoms with E-state index in [0.717, 1.165) is 5.56 Å². The third kappa shape index (κ3) is 3.34. The third-order valence-corrected chi connectivity index (χ3v) is 7.67. The molecule has 1 N–H and O–H groups in total. The summed E-state index contributed by atoms with van der Waals surface area (Å²) in [6, 6.07) is 9.44. The number of carboxylic acid groups (broad SMARTS) is 1. The monoisotopic (exact) mass is 438 g/mol. The standard InChI is InChI=1S/C25H31BO6/c1-6-30-21(29)24(14-15-24)25(26-31-22(2,3)23(4,5)32-26)13-12-18(19(16-25)20(27)28)17-10-8-7-9-11-17/h7-13H,6,14-16H2,1-5H3,(H,27,28). The van der Waals surface area contributed by atoms with Gasteiger partial charge in [-0.1, -0.05) is 42.5 Å². The Morgan fingerprint density at radius 1 is 1.06 bits per heavy atom. The Kier molecular flexibility index (Phi) is 5.41. The molecule has 0 bridgehead atoms. The predicted octanol–water partition coefficient (Wildman–Crippen LogP) is 4.66. The summed E-state index contributed by atoms with van der Waals surface area (Å²) in [5, 5.41) is 9.21. The second-order valence-electron chi connectivity index (χ2n) is 10.0. The number of ether oxygens (including phenoxy) is 1. The van der Waals surface area contributed by atoms with Gasteiger partial charge in [0.2, 0.25) is 0 Å². The lowest BCUT2D eigenvalue weighted by Gasteiger charge is -2.41. The van der Waals surface area contributed by atoms with Crippen molar-refractivity contribution in [3.05, 3.63) is 53.6 Å². The zero-order chi connectivity index (χ0) is 23.4. The van der Waals surface area contributed by atoms with E-state index in [1.807, 2.05) is 70.2 Å². The molecule has 170 valence electrons. The number of benzene rings is 1. The number of hydrogen-bond donors (Lipinski definition) is 1. The van der Waals surface area contributed by atoms with Gasteiger partial charge in [0.05, 0.1) is 23.2 Å². The summed E-state index contributed by atoms with van der Waals surface area (Å²) >= 11 is 0. The highest BCUT2D eigenvalue weighted by molar-refractivity contribution is 6.52. The molecular formula is C25H31BO6. The summed E-state index contributed by atoms with van der Waals surface area (Å²) in [6.07, 6.45) is 5.11. The number of carbonyl (C=O) groups is 2. The van der Waals surface area contributed by atoms with Crippen LogP contribution in [0, 0.1) is 5.41 Å². The van der Waals surface area contributed by atoms with Crippen LogP contribution in [0.25, 0.3) is 5.57 Å². The highest BCUT2D eigenvalue weighted by Gasteiger charge is 2.73. The van der Waals surface area contributed by atoms with Crippen LogP contribution in [0.3, 0.4) is 0 Å². The van der Waals surface area contributed by atoms with Gasteiger partial charge in [-0.15, -0.1) is 0 Å². The van der Waals surface area contributed by atoms with Gasteiger partial charge < -0.3 is 19.2 Å². The average molecular weight is 438 g/mol. The van der Waals surface area contributed by atoms with E-state index in [2.05, 4.69) is 0 Å². The molecule has 32 heavy (non-hydrogen) atoms. The SMILES string of the molecule is CCOC(=O)C1(C2(B3OC(C)(C)C(C)(C)O3)C=CC(c3ccccc3)=C(C(=O)O)C2)CC1. The normalized spacial score (nSPS) is 27.3. The fourth-order valence-electron chi connectivity index (χ4n) is 4.88. The van der Waals surface area contributed by atoms with Gasteiger partial charge in [-0.25, -0.2) is 4.79 Å². The van der Waals surface area contributed by atoms with Crippen molar-refractivity contribution in [2.45, 2.75) is 70.4 Å². The summed E-state index contributed by atoms with van der Waals surface area (Å²) in [4.78, 5) is 25.7. The Labute approximate surface area is 189 Å². The number of hydrogen-bond acceptors (Lipinski definition) is 5.